The highest BCUT2D eigenvalue weighted by Crippen LogP contribution is 2.31. The van der Waals surface area contributed by atoms with Gasteiger partial charge in [0.25, 0.3) is 0 Å². The summed E-state index contributed by atoms with van der Waals surface area (Å²) in [4.78, 5) is 19.0. The fraction of sp³-hybridized carbons (Fsp3) is 0.182. The molecule has 0 radical (unpaired) electrons. The summed E-state index contributed by atoms with van der Waals surface area (Å²) in [7, 11) is 0. The van der Waals surface area contributed by atoms with Crippen molar-refractivity contribution >= 4 is 62.4 Å². The molecule has 1 heterocycles. The molecule has 3 N–H and O–H groups in total. The smallest absolute Gasteiger partial charge is 0.313 e. The lowest BCUT2D eigenvalue weighted by molar-refractivity contribution is -0.133. The first-order valence-electron chi connectivity index (χ1n) is 5.22. The Hall–Kier alpha value is -1.31. The number of aliphatic imine (C=N–C) groups is 1. The zero-order chi connectivity index (χ0) is 13.8. The van der Waals surface area contributed by atoms with Gasteiger partial charge in [-0.3, -0.25) is 4.79 Å². The van der Waals surface area contributed by atoms with E-state index >= 15 is 0 Å². The second kappa shape index (κ2) is 6.23. The van der Waals surface area contributed by atoms with Crippen molar-refractivity contribution in [3.63, 3.8) is 0 Å². The predicted molar refractivity (Wildman–Crippen MR) is 80.0 cm³/mol. The SMILES string of the molecule is NC(CCl)=Nc1ccc2nc(SCC(=O)O)sc2c1. The highest BCUT2D eigenvalue weighted by Gasteiger charge is 2.07. The van der Waals surface area contributed by atoms with Gasteiger partial charge in [0.05, 0.1) is 27.5 Å². The number of carboxylic acids is 1. The number of nitrogens with two attached hydrogens (primary N) is 1. The number of hydrogen-bond donors (Lipinski definition) is 2. The van der Waals surface area contributed by atoms with Gasteiger partial charge in [-0.15, -0.1) is 22.9 Å². The van der Waals surface area contributed by atoms with Gasteiger partial charge >= 0.3 is 5.97 Å². The van der Waals surface area contributed by atoms with Gasteiger partial charge in [-0.25, -0.2) is 9.98 Å². The van der Waals surface area contributed by atoms with Crippen molar-refractivity contribution in [1.29, 1.82) is 0 Å². The normalized spacial score (nSPS) is 11.9. The molecule has 0 aliphatic carbocycles. The van der Waals surface area contributed by atoms with E-state index in [9.17, 15) is 4.79 Å². The number of rotatable bonds is 5. The largest absolute Gasteiger partial charge is 0.481 e. The number of aromatic nitrogens is 1. The Kier molecular flexibility index (Phi) is 4.62. The fourth-order valence-electron chi connectivity index (χ4n) is 1.34. The summed E-state index contributed by atoms with van der Waals surface area (Å²) >= 11 is 8.21. The Morgan fingerprint density at radius 1 is 1.58 bits per heavy atom. The molecule has 5 nitrogen and oxygen atoms in total. The van der Waals surface area contributed by atoms with Crippen LogP contribution in [0.25, 0.3) is 10.2 Å². The van der Waals surface area contributed by atoms with Crippen molar-refractivity contribution in [3.05, 3.63) is 18.2 Å². The van der Waals surface area contributed by atoms with Crippen LogP contribution in [0.1, 0.15) is 0 Å². The van der Waals surface area contributed by atoms with Crippen LogP contribution in [0.3, 0.4) is 0 Å². The van der Waals surface area contributed by atoms with Crippen molar-refractivity contribution in [2.75, 3.05) is 11.6 Å². The van der Waals surface area contributed by atoms with Crippen molar-refractivity contribution in [1.82, 2.24) is 4.98 Å². The minimum atomic E-state index is -0.857. The zero-order valence-electron chi connectivity index (χ0n) is 9.67. The van der Waals surface area contributed by atoms with Crippen LogP contribution in [0.15, 0.2) is 27.5 Å². The molecule has 0 aliphatic heterocycles. The van der Waals surface area contributed by atoms with Gasteiger partial charge in [0.1, 0.15) is 5.84 Å². The maximum atomic E-state index is 10.5. The molecule has 0 spiro atoms. The molecule has 0 unspecified atom stereocenters. The van der Waals surface area contributed by atoms with E-state index in [1.165, 1.54) is 23.1 Å². The lowest BCUT2D eigenvalue weighted by Gasteiger charge is -1.95. The van der Waals surface area contributed by atoms with Gasteiger partial charge < -0.3 is 10.8 Å². The summed E-state index contributed by atoms with van der Waals surface area (Å²) in [5.41, 5.74) is 7.10. The van der Waals surface area contributed by atoms with Crippen molar-refractivity contribution in [2.45, 2.75) is 4.34 Å². The maximum absolute atomic E-state index is 10.5. The van der Waals surface area contributed by atoms with Gasteiger partial charge in [0.15, 0.2) is 4.34 Å². The molecule has 19 heavy (non-hydrogen) atoms. The van der Waals surface area contributed by atoms with Crippen LogP contribution < -0.4 is 5.73 Å². The van der Waals surface area contributed by atoms with E-state index in [4.69, 9.17) is 22.4 Å². The van der Waals surface area contributed by atoms with E-state index in [1.807, 2.05) is 12.1 Å². The molecule has 0 aliphatic rings. The maximum Gasteiger partial charge on any atom is 0.313 e. The Morgan fingerprint density at radius 3 is 3.05 bits per heavy atom. The number of amidine groups is 1. The number of aliphatic carboxylic acids is 1. The monoisotopic (exact) mass is 315 g/mol. The van der Waals surface area contributed by atoms with Crippen LogP contribution in [0.5, 0.6) is 0 Å². The predicted octanol–water partition coefficient (Wildman–Crippen LogP) is 2.70. The van der Waals surface area contributed by atoms with E-state index in [2.05, 4.69) is 9.98 Å². The number of halogens is 1. The number of carboxylic acid groups (broad SMARTS) is 1. The highest BCUT2D eigenvalue weighted by molar-refractivity contribution is 8.01. The topological polar surface area (TPSA) is 88.6 Å². The second-order valence-electron chi connectivity index (χ2n) is 3.55. The number of thiazole rings is 1. The van der Waals surface area contributed by atoms with E-state index in [-0.39, 0.29) is 11.6 Å². The number of alkyl halides is 1. The molecule has 0 saturated heterocycles. The van der Waals surface area contributed by atoms with Crippen LogP contribution in [-0.2, 0) is 4.79 Å². The van der Waals surface area contributed by atoms with Gasteiger partial charge in [-0.1, -0.05) is 11.8 Å². The lowest BCUT2D eigenvalue weighted by atomic mass is 10.3. The van der Waals surface area contributed by atoms with Crippen LogP contribution in [-0.4, -0.2) is 33.5 Å². The molecule has 100 valence electrons. The molecule has 0 atom stereocenters. The molecule has 0 fully saturated rings. The average Bonchev–Trinajstić information content (AvgIpc) is 2.78. The molecule has 0 saturated carbocycles. The Balaban J connectivity index is 2.25. The van der Waals surface area contributed by atoms with Crippen LogP contribution in [0.2, 0.25) is 0 Å². The number of hydrogen-bond acceptors (Lipinski definition) is 5. The average molecular weight is 316 g/mol. The Labute approximate surface area is 122 Å². The molecular weight excluding hydrogens is 306 g/mol. The third-order valence-corrected chi connectivity index (χ3v) is 4.50. The zero-order valence-corrected chi connectivity index (χ0v) is 12.1. The molecule has 2 aromatic rings. The molecule has 1 aromatic heterocycles. The standard InChI is InChI=1S/C11H10ClN3O2S2/c12-4-9(13)14-6-1-2-7-8(3-6)19-11(15-7)18-5-10(16)17/h1-3H,4-5H2,(H2,13,14)(H,16,17). The van der Waals surface area contributed by atoms with Gasteiger partial charge in [-0.2, -0.15) is 0 Å². The van der Waals surface area contributed by atoms with Crippen molar-refractivity contribution < 1.29 is 9.90 Å². The van der Waals surface area contributed by atoms with Gasteiger partial charge in [-0.05, 0) is 18.2 Å². The first kappa shape index (κ1) is 14.1. The minimum absolute atomic E-state index is 0.00400. The molecule has 0 bridgehead atoms. The fourth-order valence-corrected chi connectivity index (χ4v) is 3.22. The summed E-state index contributed by atoms with van der Waals surface area (Å²) in [6.45, 7) is 0. The molecular formula is C11H10ClN3O2S2. The van der Waals surface area contributed by atoms with Gasteiger partial charge in [0.2, 0.25) is 0 Å². The lowest BCUT2D eigenvalue weighted by Crippen LogP contribution is -2.12. The van der Waals surface area contributed by atoms with Crippen LogP contribution in [0, 0.1) is 0 Å². The third-order valence-electron chi connectivity index (χ3n) is 2.08. The third kappa shape index (κ3) is 3.82. The van der Waals surface area contributed by atoms with E-state index in [1.54, 1.807) is 6.07 Å². The number of thioether (sulfide) groups is 1. The molecule has 8 heteroatoms. The first-order chi connectivity index (χ1) is 9.08. The summed E-state index contributed by atoms with van der Waals surface area (Å²) < 4.78 is 1.67. The number of benzene rings is 1. The van der Waals surface area contributed by atoms with Gasteiger partial charge in [0, 0.05) is 0 Å². The van der Waals surface area contributed by atoms with Crippen molar-refractivity contribution in [3.8, 4) is 0 Å². The number of nitrogens with zero attached hydrogens (tertiary/aromatic N) is 2. The highest BCUT2D eigenvalue weighted by atomic mass is 35.5. The number of carbonyl (C=O) groups is 1. The Bertz CT molecular complexity index is 642. The summed E-state index contributed by atoms with van der Waals surface area (Å²) in [6, 6.07) is 5.49. The van der Waals surface area contributed by atoms with E-state index in [0.29, 0.717) is 11.5 Å². The van der Waals surface area contributed by atoms with Crippen LogP contribution >= 0.6 is 34.7 Å². The summed E-state index contributed by atoms with van der Waals surface area (Å²) in [5.74, 6) is -0.319. The first-order valence-corrected chi connectivity index (χ1v) is 7.56. The minimum Gasteiger partial charge on any atom is -0.481 e. The summed E-state index contributed by atoms with van der Waals surface area (Å²) in [6.07, 6.45) is 0. The summed E-state index contributed by atoms with van der Waals surface area (Å²) in [5, 5.41) is 8.63. The molecule has 0 amide bonds. The van der Waals surface area contributed by atoms with Crippen LogP contribution in [0.4, 0.5) is 5.69 Å². The molecule has 2 rings (SSSR count). The Morgan fingerprint density at radius 2 is 2.37 bits per heavy atom. The molecule has 1 aromatic carbocycles. The quantitative estimate of drug-likeness (QED) is 0.383. The van der Waals surface area contributed by atoms with Crippen molar-refractivity contribution in [2.24, 2.45) is 10.7 Å². The second-order valence-corrected chi connectivity index (χ2v) is 6.07. The van der Waals surface area contributed by atoms with E-state index < -0.39 is 5.97 Å². The number of fused-ring (bicyclic) bond motifs is 1. The van der Waals surface area contributed by atoms with E-state index in [0.717, 1.165) is 14.6 Å².